The molecule has 1 aromatic heterocycles. The first-order valence-electron chi connectivity index (χ1n) is 6.61. The van der Waals surface area contributed by atoms with Gasteiger partial charge in [-0.15, -0.1) is 0 Å². The largest absolute Gasteiger partial charge is 0.313 e. The van der Waals surface area contributed by atoms with Crippen LogP contribution in [0.15, 0.2) is 48.7 Å². The molecule has 18 heavy (non-hydrogen) atoms. The van der Waals surface area contributed by atoms with Crippen LogP contribution in [0.5, 0.6) is 0 Å². The van der Waals surface area contributed by atoms with Crippen LogP contribution >= 0.6 is 0 Å². The lowest BCUT2D eigenvalue weighted by Gasteiger charge is -2.05. The molecule has 0 saturated heterocycles. The third-order valence-corrected chi connectivity index (χ3v) is 2.95. The lowest BCUT2D eigenvalue weighted by Crippen LogP contribution is -2.14. The number of pyridine rings is 1. The number of nitrogens with one attached hydrogen (secondary N) is 1. The standard InChI is InChI=1S/C16H20N2/c1-2-3-11-17-13-14-7-9-15(10-8-14)16-6-4-5-12-18-16/h4-10,12,17H,2-3,11,13H2,1H3. The molecule has 0 atom stereocenters. The fraction of sp³-hybridized carbons (Fsp3) is 0.312. The molecule has 2 nitrogen and oxygen atoms in total. The maximum absolute atomic E-state index is 4.35. The molecular weight excluding hydrogens is 220 g/mol. The van der Waals surface area contributed by atoms with Crippen LogP contribution in [0.2, 0.25) is 0 Å². The highest BCUT2D eigenvalue weighted by molar-refractivity contribution is 5.58. The molecule has 0 aliphatic rings. The zero-order valence-corrected chi connectivity index (χ0v) is 10.9. The Morgan fingerprint density at radius 3 is 2.56 bits per heavy atom. The molecule has 0 saturated carbocycles. The van der Waals surface area contributed by atoms with Crippen molar-refractivity contribution in [3.8, 4) is 11.3 Å². The van der Waals surface area contributed by atoms with Gasteiger partial charge >= 0.3 is 0 Å². The van der Waals surface area contributed by atoms with Crippen LogP contribution in [0.1, 0.15) is 25.3 Å². The molecule has 2 aromatic rings. The molecule has 0 amide bonds. The first-order chi connectivity index (χ1) is 8.90. The Morgan fingerprint density at radius 1 is 1.06 bits per heavy atom. The van der Waals surface area contributed by atoms with Gasteiger partial charge in [-0.2, -0.15) is 0 Å². The maximum Gasteiger partial charge on any atom is 0.0701 e. The van der Waals surface area contributed by atoms with E-state index in [9.17, 15) is 0 Å². The molecule has 0 fully saturated rings. The summed E-state index contributed by atoms with van der Waals surface area (Å²) < 4.78 is 0. The highest BCUT2D eigenvalue weighted by Crippen LogP contribution is 2.16. The highest BCUT2D eigenvalue weighted by Gasteiger charge is 1.98. The van der Waals surface area contributed by atoms with Gasteiger partial charge in [0.1, 0.15) is 0 Å². The van der Waals surface area contributed by atoms with Gasteiger partial charge in [0.15, 0.2) is 0 Å². The van der Waals surface area contributed by atoms with E-state index in [1.165, 1.54) is 24.0 Å². The van der Waals surface area contributed by atoms with Crippen molar-refractivity contribution in [3.63, 3.8) is 0 Å². The third kappa shape index (κ3) is 3.67. The zero-order chi connectivity index (χ0) is 12.6. The fourth-order valence-electron chi connectivity index (χ4n) is 1.86. The molecule has 94 valence electrons. The van der Waals surface area contributed by atoms with Crippen molar-refractivity contribution in [1.82, 2.24) is 10.3 Å². The van der Waals surface area contributed by atoms with Crippen LogP contribution < -0.4 is 5.32 Å². The highest BCUT2D eigenvalue weighted by atomic mass is 14.8. The Kier molecular flexibility index (Phi) is 4.91. The average Bonchev–Trinajstić information content (AvgIpc) is 2.45. The van der Waals surface area contributed by atoms with Gasteiger partial charge in [-0.05, 0) is 30.7 Å². The topological polar surface area (TPSA) is 24.9 Å². The summed E-state index contributed by atoms with van der Waals surface area (Å²) in [6.07, 6.45) is 4.31. The summed E-state index contributed by atoms with van der Waals surface area (Å²) in [6, 6.07) is 14.6. The minimum Gasteiger partial charge on any atom is -0.313 e. The summed E-state index contributed by atoms with van der Waals surface area (Å²) >= 11 is 0. The van der Waals surface area contributed by atoms with Crippen molar-refractivity contribution >= 4 is 0 Å². The van der Waals surface area contributed by atoms with E-state index in [1.807, 2.05) is 24.4 Å². The van der Waals surface area contributed by atoms with Gasteiger partial charge in [-0.3, -0.25) is 4.98 Å². The quantitative estimate of drug-likeness (QED) is 0.780. The second kappa shape index (κ2) is 6.92. The molecular formula is C16H20N2. The Bertz CT molecular complexity index is 448. The van der Waals surface area contributed by atoms with Crippen molar-refractivity contribution in [2.24, 2.45) is 0 Å². The first kappa shape index (κ1) is 12.8. The van der Waals surface area contributed by atoms with E-state index in [2.05, 4.69) is 41.5 Å². The van der Waals surface area contributed by atoms with Crippen LogP contribution in [0.4, 0.5) is 0 Å². The number of hydrogen-bond donors (Lipinski definition) is 1. The summed E-state index contributed by atoms with van der Waals surface area (Å²) in [4.78, 5) is 4.35. The third-order valence-electron chi connectivity index (χ3n) is 2.95. The Morgan fingerprint density at radius 2 is 1.89 bits per heavy atom. The van der Waals surface area contributed by atoms with Crippen LogP contribution in [0.25, 0.3) is 11.3 Å². The number of aromatic nitrogens is 1. The van der Waals surface area contributed by atoms with E-state index in [0.29, 0.717) is 0 Å². The van der Waals surface area contributed by atoms with E-state index in [1.54, 1.807) is 0 Å². The van der Waals surface area contributed by atoms with Gasteiger partial charge in [0.25, 0.3) is 0 Å². The molecule has 0 aliphatic carbocycles. The first-order valence-corrected chi connectivity index (χ1v) is 6.61. The molecule has 0 bridgehead atoms. The Labute approximate surface area is 109 Å². The van der Waals surface area contributed by atoms with E-state index in [0.717, 1.165) is 18.8 Å². The van der Waals surface area contributed by atoms with E-state index < -0.39 is 0 Å². The van der Waals surface area contributed by atoms with Crippen LogP contribution in [0, 0.1) is 0 Å². The Hall–Kier alpha value is -1.67. The molecule has 2 heteroatoms. The van der Waals surface area contributed by atoms with E-state index in [-0.39, 0.29) is 0 Å². The number of nitrogens with zero attached hydrogens (tertiary/aromatic N) is 1. The van der Waals surface area contributed by atoms with Gasteiger partial charge in [0.2, 0.25) is 0 Å². The predicted octanol–water partition coefficient (Wildman–Crippen LogP) is 3.64. The second-order valence-electron chi connectivity index (χ2n) is 4.44. The monoisotopic (exact) mass is 240 g/mol. The second-order valence-corrected chi connectivity index (χ2v) is 4.44. The van der Waals surface area contributed by atoms with Crippen LogP contribution in [0.3, 0.4) is 0 Å². The van der Waals surface area contributed by atoms with Gasteiger partial charge in [-0.25, -0.2) is 0 Å². The summed E-state index contributed by atoms with van der Waals surface area (Å²) in [5, 5.41) is 3.45. The molecule has 2 rings (SSSR count). The lowest BCUT2D eigenvalue weighted by atomic mass is 10.1. The molecule has 0 spiro atoms. The normalized spacial score (nSPS) is 10.5. The fourth-order valence-corrected chi connectivity index (χ4v) is 1.86. The summed E-state index contributed by atoms with van der Waals surface area (Å²) in [7, 11) is 0. The summed E-state index contributed by atoms with van der Waals surface area (Å²) in [6.45, 7) is 4.25. The van der Waals surface area contributed by atoms with Crippen molar-refractivity contribution in [2.75, 3.05) is 6.54 Å². The minimum atomic E-state index is 0.947. The van der Waals surface area contributed by atoms with Gasteiger partial charge in [-0.1, -0.05) is 43.7 Å². The van der Waals surface area contributed by atoms with Gasteiger partial charge < -0.3 is 5.32 Å². The minimum absolute atomic E-state index is 0.947. The van der Waals surface area contributed by atoms with Crippen LogP contribution in [-0.4, -0.2) is 11.5 Å². The molecule has 0 radical (unpaired) electrons. The predicted molar refractivity (Wildman–Crippen MR) is 76.3 cm³/mol. The van der Waals surface area contributed by atoms with Gasteiger partial charge in [0, 0.05) is 18.3 Å². The molecule has 1 aromatic carbocycles. The van der Waals surface area contributed by atoms with Crippen molar-refractivity contribution in [2.45, 2.75) is 26.3 Å². The van der Waals surface area contributed by atoms with Crippen molar-refractivity contribution in [1.29, 1.82) is 0 Å². The van der Waals surface area contributed by atoms with Crippen molar-refractivity contribution < 1.29 is 0 Å². The van der Waals surface area contributed by atoms with Crippen molar-refractivity contribution in [3.05, 3.63) is 54.2 Å². The molecule has 1 N–H and O–H groups in total. The number of benzene rings is 1. The van der Waals surface area contributed by atoms with E-state index in [4.69, 9.17) is 0 Å². The van der Waals surface area contributed by atoms with Gasteiger partial charge in [0.05, 0.1) is 5.69 Å². The zero-order valence-electron chi connectivity index (χ0n) is 10.9. The SMILES string of the molecule is CCCCNCc1ccc(-c2ccccn2)cc1. The average molecular weight is 240 g/mol. The Balaban J connectivity index is 1.94. The number of unbranched alkanes of at least 4 members (excludes halogenated alkanes) is 1. The summed E-state index contributed by atoms with van der Waals surface area (Å²) in [5.74, 6) is 0. The van der Waals surface area contributed by atoms with E-state index >= 15 is 0 Å². The summed E-state index contributed by atoms with van der Waals surface area (Å²) in [5.41, 5.74) is 3.53. The molecule has 0 aliphatic heterocycles. The smallest absolute Gasteiger partial charge is 0.0701 e. The number of rotatable bonds is 6. The lowest BCUT2D eigenvalue weighted by molar-refractivity contribution is 0.641. The number of hydrogen-bond acceptors (Lipinski definition) is 2. The molecule has 1 heterocycles. The molecule has 0 unspecified atom stereocenters. The van der Waals surface area contributed by atoms with Crippen LogP contribution in [-0.2, 0) is 6.54 Å². The maximum atomic E-state index is 4.35.